The number of carbonyl (C=O) groups excluding carboxylic acids is 1. The van der Waals surface area contributed by atoms with Gasteiger partial charge in [0.2, 0.25) is 5.91 Å². The van der Waals surface area contributed by atoms with Crippen LogP contribution in [0, 0.1) is 0 Å². The predicted octanol–water partition coefficient (Wildman–Crippen LogP) is 0.365. The van der Waals surface area contributed by atoms with Gasteiger partial charge in [-0.15, -0.1) is 0 Å². The molecule has 1 aromatic rings. The van der Waals surface area contributed by atoms with Crippen LogP contribution in [0.15, 0.2) is 12.3 Å². The van der Waals surface area contributed by atoms with E-state index in [4.69, 9.17) is 5.11 Å². The molecular formula is C11H19N3O3. The number of amides is 1. The Hall–Kier alpha value is -1.40. The van der Waals surface area contributed by atoms with Gasteiger partial charge in [-0.25, -0.2) is 0 Å². The second-order valence-electron chi connectivity index (χ2n) is 3.91. The molecular weight excluding hydrogens is 222 g/mol. The first kappa shape index (κ1) is 13.7. The lowest BCUT2D eigenvalue weighted by Crippen LogP contribution is -2.20. The summed E-state index contributed by atoms with van der Waals surface area (Å²) in [6, 6.07) is 1.66. The van der Waals surface area contributed by atoms with Crippen LogP contribution < -0.4 is 5.32 Å². The van der Waals surface area contributed by atoms with E-state index in [1.807, 2.05) is 6.92 Å². The van der Waals surface area contributed by atoms with Crippen molar-refractivity contribution in [1.82, 2.24) is 9.78 Å². The van der Waals surface area contributed by atoms with E-state index in [0.29, 0.717) is 12.2 Å². The third-order valence-electron chi connectivity index (χ3n) is 2.27. The Labute approximate surface area is 100 Å². The Morgan fingerprint density at radius 1 is 1.65 bits per heavy atom. The second-order valence-corrected chi connectivity index (χ2v) is 3.91. The second kappa shape index (κ2) is 7.03. The minimum atomic E-state index is -0.835. The molecule has 17 heavy (non-hydrogen) atoms. The fourth-order valence-corrected chi connectivity index (χ4v) is 1.35. The summed E-state index contributed by atoms with van der Waals surface area (Å²) in [5, 5.41) is 24.6. The van der Waals surface area contributed by atoms with Gasteiger partial charge in [-0.05, 0) is 6.42 Å². The normalized spacial score (nSPS) is 12.4. The minimum absolute atomic E-state index is 0.0557. The molecule has 0 aliphatic carbocycles. The van der Waals surface area contributed by atoms with Crippen molar-refractivity contribution in [2.75, 3.05) is 11.9 Å². The lowest BCUT2D eigenvalue weighted by Gasteiger charge is -2.06. The molecule has 0 unspecified atom stereocenters. The number of nitrogens with zero attached hydrogens (tertiary/aromatic N) is 2. The maximum atomic E-state index is 11.4. The van der Waals surface area contributed by atoms with Crippen LogP contribution in [0.5, 0.6) is 0 Å². The summed E-state index contributed by atoms with van der Waals surface area (Å²) in [6.45, 7) is 1.93. The van der Waals surface area contributed by atoms with E-state index in [1.54, 1.807) is 12.3 Å². The quantitative estimate of drug-likeness (QED) is 0.643. The summed E-state index contributed by atoms with van der Waals surface area (Å²) in [5.41, 5.74) is 0. The van der Waals surface area contributed by atoms with Crippen molar-refractivity contribution >= 4 is 11.7 Å². The van der Waals surface area contributed by atoms with Gasteiger partial charge in [0.05, 0.1) is 19.3 Å². The van der Waals surface area contributed by atoms with Crippen LogP contribution in [0.2, 0.25) is 0 Å². The minimum Gasteiger partial charge on any atom is -0.394 e. The Balaban J connectivity index is 2.42. The van der Waals surface area contributed by atoms with E-state index in [-0.39, 0.29) is 19.1 Å². The van der Waals surface area contributed by atoms with Crippen molar-refractivity contribution in [3.8, 4) is 0 Å². The lowest BCUT2D eigenvalue weighted by molar-refractivity contribution is -0.116. The molecule has 6 nitrogen and oxygen atoms in total. The first-order chi connectivity index (χ1) is 8.15. The van der Waals surface area contributed by atoms with E-state index in [0.717, 1.165) is 12.8 Å². The summed E-state index contributed by atoms with van der Waals surface area (Å²) in [7, 11) is 0. The summed E-state index contributed by atoms with van der Waals surface area (Å²) in [5.74, 6) is 0.413. The summed E-state index contributed by atoms with van der Waals surface area (Å²) < 4.78 is 1.48. The van der Waals surface area contributed by atoms with Gasteiger partial charge in [-0.1, -0.05) is 13.3 Å². The average Bonchev–Trinajstić information content (AvgIpc) is 2.73. The standard InChI is InChI=1S/C11H19N3O3/c1-2-3-4-11(17)12-10-5-6-14(13-10)7-9(16)8-15/h5-6,9,15-16H,2-4,7-8H2,1H3,(H,12,13,17)/t9-/m1/s1. The first-order valence-corrected chi connectivity index (χ1v) is 5.78. The first-order valence-electron chi connectivity index (χ1n) is 5.78. The highest BCUT2D eigenvalue weighted by Gasteiger charge is 2.07. The van der Waals surface area contributed by atoms with Crippen LogP contribution in [-0.2, 0) is 11.3 Å². The Morgan fingerprint density at radius 3 is 3.06 bits per heavy atom. The maximum absolute atomic E-state index is 11.4. The van der Waals surface area contributed by atoms with Crippen LogP contribution in [0.3, 0.4) is 0 Å². The monoisotopic (exact) mass is 241 g/mol. The Kier molecular flexibility index (Phi) is 5.65. The molecule has 0 aromatic carbocycles. The Bertz CT molecular complexity index is 351. The van der Waals surface area contributed by atoms with E-state index in [2.05, 4.69) is 10.4 Å². The SMILES string of the molecule is CCCCC(=O)Nc1ccn(C[C@@H](O)CO)n1. The van der Waals surface area contributed by atoms with Gasteiger partial charge in [0.25, 0.3) is 0 Å². The zero-order valence-electron chi connectivity index (χ0n) is 9.96. The van der Waals surface area contributed by atoms with Gasteiger partial charge in [-0.3, -0.25) is 9.48 Å². The number of hydrogen-bond acceptors (Lipinski definition) is 4. The van der Waals surface area contributed by atoms with Crippen molar-refractivity contribution in [2.24, 2.45) is 0 Å². The molecule has 0 fully saturated rings. The van der Waals surface area contributed by atoms with Crippen molar-refractivity contribution in [1.29, 1.82) is 0 Å². The number of carbonyl (C=O) groups is 1. The van der Waals surface area contributed by atoms with Gasteiger partial charge >= 0.3 is 0 Å². The molecule has 1 atom stereocenters. The number of unbranched alkanes of at least 4 members (excludes halogenated alkanes) is 1. The number of aliphatic hydroxyl groups excluding tert-OH is 2. The molecule has 6 heteroatoms. The van der Waals surface area contributed by atoms with Crippen LogP contribution >= 0.6 is 0 Å². The molecule has 96 valence electrons. The van der Waals surface area contributed by atoms with Crippen LogP contribution in [0.25, 0.3) is 0 Å². The topological polar surface area (TPSA) is 87.4 Å². The van der Waals surface area contributed by atoms with E-state index in [9.17, 15) is 9.90 Å². The third kappa shape index (κ3) is 4.97. The van der Waals surface area contributed by atoms with Crippen LogP contribution in [0.4, 0.5) is 5.82 Å². The van der Waals surface area contributed by atoms with Crippen molar-refractivity contribution in [3.05, 3.63) is 12.3 Å². The Morgan fingerprint density at radius 2 is 2.41 bits per heavy atom. The number of nitrogens with one attached hydrogen (secondary N) is 1. The highest BCUT2D eigenvalue weighted by molar-refractivity contribution is 5.89. The number of anilines is 1. The smallest absolute Gasteiger partial charge is 0.225 e. The fourth-order valence-electron chi connectivity index (χ4n) is 1.35. The van der Waals surface area contributed by atoms with Crippen molar-refractivity contribution in [3.63, 3.8) is 0 Å². The molecule has 0 bridgehead atoms. The predicted molar refractivity (Wildman–Crippen MR) is 63.5 cm³/mol. The highest BCUT2D eigenvalue weighted by Crippen LogP contribution is 2.05. The third-order valence-corrected chi connectivity index (χ3v) is 2.27. The molecule has 1 heterocycles. The molecule has 1 aromatic heterocycles. The van der Waals surface area contributed by atoms with Gasteiger partial charge in [0.15, 0.2) is 5.82 Å². The molecule has 1 amide bonds. The lowest BCUT2D eigenvalue weighted by atomic mass is 10.2. The molecule has 0 spiro atoms. The summed E-state index contributed by atoms with van der Waals surface area (Å²) >= 11 is 0. The van der Waals surface area contributed by atoms with Crippen LogP contribution in [0.1, 0.15) is 26.2 Å². The summed E-state index contributed by atoms with van der Waals surface area (Å²) in [6.07, 6.45) is 3.13. The zero-order valence-corrected chi connectivity index (χ0v) is 9.96. The number of rotatable bonds is 7. The summed E-state index contributed by atoms with van der Waals surface area (Å²) in [4.78, 5) is 11.4. The van der Waals surface area contributed by atoms with Crippen molar-refractivity contribution < 1.29 is 15.0 Å². The van der Waals surface area contributed by atoms with Gasteiger partial charge in [0, 0.05) is 18.7 Å². The van der Waals surface area contributed by atoms with Gasteiger partial charge < -0.3 is 15.5 Å². The van der Waals surface area contributed by atoms with Gasteiger partial charge in [0.1, 0.15) is 0 Å². The fraction of sp³-hybridized carbons (Fsp3) is 0.636. The maximum Gasteiger partial charge on any atom is 0.225 e. The average molecular weight is 241 g/mol. The molecule has 0 saturated heterocycles. The number of hydrogen-bond donors (Lipinski definition) is 3. The van der Waals surface area contributed by atoms with E-state index >= 15 is 0 Å². The molecule has 3 N–H and O–H groups in total. The van der Waals surface area contributed by atoms with E-state index in [1.165, 1.54) is 4.68 Å². The zero-order chi connectivity index (χ0) is 12.7. The molecule has 0 radical (unpaired) electrons. The number of aromatic nitrogens is 2. The van der Waals surface area contributed by atoms with Crippen molar-refractivity contribution in [2.45, 2.75) is 38.8 Å². The number of aliphatic hydroxyl groups is 2. The van der Waals surface area contributed by atoms with E-state index < -0.39 is 6.10 Å². The highest BCUT2D eigenvalue weighted by atomic mass is 16.3. The largest absolute Gasteiger partial charge is 0.394 e. The molecule has 0 saturated carbocycles. The van der Waals surface area contributed by atoms with Gasteiger partial charge in [-0.2, -0.15) is 5.10 Å². The molecule has 1 rings (SSSR count). The molecule has 0 aliphatic rings. The van der Waals surface area contributed by atoms with Crippen LogP contribution in [-0.4, -0.2) is 38.6 Å². The molecule has 0 aliphatic heterocycles.